The van der Waals surface area contributed by atoms with Gasteiger partial charge in [0.2, 0.25) is 21.8 Å². The van der Waals surface area contributed by atoms with Crippen molar-refractivity contribution in [2.24, 2.45) is 0 Å². The zero-order chi connectivity index (χ0) is 21.9. The number of hydrogen-bond donors (Lipinski definition) is 1. The molecular weight excluding hydrogens is 412 g/mol. The highest BCUT2D eigenvalue weighted by atomic mass is 32.2. The second-order valence-electron chi connectivity index (χ2n) is 6.62. The lowest BCUT2D eigenvalue weighted by Gasteiger charge is -2.21. The third-order valence-corrected chi connectivity index (χ3v) is 6.34. The molecule has 2 heterocycles. The standard InChI is InChI=1S/C18H20N6O5S/c1-12(2)23(3)30(27,28)14-7-5-13(6-8-14)21-15(25)11-24-17(22-29-18(24)26)16-19-9-4-10-20-16/h4-10,12H,11H2,1-3H3,(H,21,25). The molecule has 0 radical (unpaired) electrons. The van der Waals surface area contributed by atoms with Crippen LogP contribution in [0.15, 0.2) is 56.9 Å². The third kappa shape index (κ3) is 4.44. The molecule has 0 saturated heterocycles. The van der Waals surface area contributed by atoms with Crippen molar-refractivity contribution < 1.29 is 17.7 Å². The van der Waals surface area contributed by atoms with Crippen LogP contribution in [-0.2, 0) is 21.4 Å². The Morgan fingerprint density at radius 2 is 1.83 bits per heavy atom. The number of aromatic nitrogens is 4. The molecule has 2 aromatic heterocycles. The first kappa shape index (κ1) is 21.3. The van der Waals surface area contributed by atoms with Crippen molar-refractivity contribution in [2.45, 2.75) is 31.3 Å². The number of rotatable bonds is 7. The molecule has 158 valence electrons. The van der Waals surface area contributed by atoms with E-state index in [1.165, 1.54) is 48.0 Å². The van der Waals surface area contributed by atoms with E-state index in [9.17, 15) is 18.0 Å². The van der Waals surface area contributed by atoms with Crippen LogP contribution in [-0.4, -0.2) is 51.4 Å². The number of nitrogens with one attached hydrogen (secondary N) is 1. The van der Waals surface area contributed by atoms with Crippen molar-refractivity contribution >= 4 is 21.6 Å². The van der Waals surface area contributed by atoms with Crippen molar-refractivity contribution in [3.63, 3.8) is 0 Å². The minimum Gasteiger partial charge on any atom is -0.325 e. The summed E-state index contributed by atoms with van der Waals surface area (Å²) < 4.78 is 31.9. The average molecular weight is 432 g/mol. The highest BCUT2D eigenvalue weighted by Crippen LogP contribution is 2.19. The zero-order valence-electron chi connectivity index (χ0n) is 16.5. The molecule has 1 N–H and O–H groups in total. The highest BCUT2D eigenvalue weighted by Gasteiger charge is 2.23. The van der Waals surface area contributed by atoms with Crippen molar-refractivity contribution in [2.75, 3.05) is 12.4 Å². The minimum atomic E-state index is -3.63. The topological polar surface area (TPSA) is 140 Å². The van der Waals surface area contributed by atoms with E-state index in [0.717, 1.165) is 4.57 Å². The van der Waals surface area contributed by atoms with Crippen LogP contribution in [0.5, 0.6) is 0 Å². The van der Waals surface area contributed by atoms with Gasteiger partial charge in [-0.15, -0.1) is 0 Å². The first-order chi connectivity index (χ1) is 14.2. The molecule has 0 saturated carbocycles. The minimum absolute atomic E-state index is 0.0221. The molecule has 0 aliphatic heterocycles. The maximum atomic E-state index is 12.5. The summed E-state index contributed by atoms with van der Waals surface area (Å²) in [5.41, 5.74) is 0.369. The first-order valence-electron chi connectivity index (χ1n) is 8.92. The molecule has 3 aromatic rings. The predicted molar refractivity (Wildman–Crippen MR) is 107 cm³/mol. The predicted octanol–water partition coefficient (Wildman–Crippen LogP) is 0.961. The number of nitrogens with zero attached hydrogens (tertiary/aromatic N) is 5. The Labute approximate surface area is 172 Å². The van der Waals surface area contributed by atoms with Crippen LogP contribution in [0.4, 0.5) is 5.69 Å². The summed E-state index contributed by atoms with van der Waals surface area (Å²) in [4.78, 5) is 32.4. The number of amides is 1. The number of anilines is 1. The number of carbonyl (C=O) groups is 1. The van der Waals surface area contributed by atoms with E-state index in [-0.39, 0.29) is 29.1 Å². The summed E-state index contributed by atoms with van der Waals surface area (Å²) >= 11 is 0. The van der Waals surface area contributed by atoms with Gasteiger partial charge in [0.15, 0.2) is 5.82 Å². The van der Waals surface area contributed by atoms with Crippen molar-refractivity contribution in [1.82, 2.24) is 24.0 Å². The van der Waals surface area contributed by atoms with Gasteiger partial charge in [0.05, 0.1) is 4.90 Å². The third-order valence-electron chi connectivity index (χ3n) is 4.30. The smallest absolute Gasteiger partial charge is 0.325 e. The molecule has 0 atom stereocenters. The Balaban J connectivity index is 1.74. The summed E-state index contributed by atoms with van der Waals surface area (Å²) in [6.45, 7) is 3.16. The Bertz CT molecular complexity index is 1190. The molecule has 11 nitrogen and oxygen atoms in total. The molecule has 1 aromatic carbocycles. The summed E-state index contributed by atoms with van der Waals surface area (Å²) in [5.74, 6) is -1.20. The first-order valence-corrected chi connectivity index (χ1v) is 10.4. The van der Waals surface area contributed by atoms with Gasteiger partial charge in [-0.3, -0.25) is 9.32 Å². The lowest BCUT2D eigenvalue weighted by Crippen LogP contribution is -2.33. The van der Waals surface area contributed by atoms with E-state index >= 15 is 0 Å². The van der Waals surface area contributed by atoms with E-state index in [1.54, 1.807) is 19.9 Å². The fourth-order valence-corrected chi connectivity index (χ4v) is 3.85. The van der Waals surface area contributed by atoms with Crippen molar-refractivity contribution in [3.8, 4) is 11.6 Å². The summed E-state index contributed by atoms with van der Waals surface area (Å²) in [7, 11) is -2.13. The second kappa shape index (κ2) is 8.55. The van der Waals surface area contributed by atoms with Crippen molar-refractivity contribution in [3.05, 3.63) is 53.3 Å². The quantitative estimate of drug-likeness (QED) is 0.582. The molecule has 12 heteroatoms. The van der Waals surface area contributed by atoms with E-state index in [0.29, 0.717) is 5.69 Å². The average Bonchev–Trinajstić information content (AvgIpc) is 3.08. The van der Waals surface area contributed by atoms with Crippen LogP contribution in [0.3, 0.4) is 0 Å². The summed E-state index contributed by atoms with van der Waals surface area (Å²) in [5, 5.41) is 6.21. The van der Waals surface area contributed by atoms with Gasteiger partial charge in [-0.25, -0.2) is 27.7 Å². The fraction of sp³-hybridized carbons (Fsp3) is 0.278. The molecule has 30 heavy (non-hydrogen) atoms. The molecule has 3 rings (SSSR count). The van der Waals surface area contributed by atoms with Gasteiger partial charge >= 0.3 is 5.76 Å². The van der Waals surface area contributed by atoms with Crippen LogP contribution >= 0.6 is 0 Å². The van der Waals surface area contributed by atoms with E-state index < -0.39 is 21.7 Å². The van der Waals surface area contributed by atoms with Gasteiger partial charge in [0, 0.05) is 31.2 Å². The second-order valence-corrected chi connectivity index (χ2v) is 8.62. The molecular formula is C18H20N6O5S. The Morgan fingerprint density at radius 1 is 1.20 bits per heavy atom. The van der Waals surface area contributed by atoms with Crippen LogP contribution in [0, 0.1) is 0 Å². The summed E-state index contributed by atoms with van der Waals surface area (Å²) in [6.07, 6.45) is 2.94. The summed E-state index contributed by atoms with van der Waals surface area (Å²) in [6, 6.07) is 7.14. The van der Waals surface area contributed by atoms with Crippen LogP contribution in [0.2, 0.25) is 0 Å². The molecule has 0 unspecified atom stereocenters. The molecule has 0 aliphatic rings. The largest absolute Gasteiger partial charge is 0.442 e. The van der Waals surface area contributed by atoms with Gasteiger partial charge in [-0.05, 0) is 44.2 Å². The zero-order valence-corrected chi connectivity index (χ0v) is 17.3. The monoisotopic (exact) mass is 432 g/mol. The fourth-order valence-electron chi connectivity index (χ4n) is 2.48. The van der Waals surface area contributed by atoms with Crippen LogP contribution in [0.25, 0.3) is 11.6 Å². The Morgan fingerprint density at radius 3 is 2.43 bits per heavy atom. The number of sulfonamides is 1. The maximum Gasteiger partial charge on any atom is 0.442 e. The highest BCUT2D eigenvalue weighted by molar-refractivity contribution is 7.89. The Kier molecular flexibility index (Phi) is 6.08. The van der Waals surface area contributed by atoms with Crippen LogP contribution < -0.4 is 11.1 Å². The lowest BCUT2D eigenvalue weighted by molar-refractivity contribution is -0.116. The van der Waals surface area contributed by atoms with Crippen molar-refractivity contribution in [1.29, 1.82) is 0 Å². The molecule has 0 spiro atoms. The molecule has 0 aliphatic carbocycles. The van der Waals surface area contributed by atoms with E-state index in [2.05, 4.69) is 25.0 Å². The number of benzene rings is 1. The molecule has 0 bridgehead atoms. The molecule has 1 amide bonds. The van der Waals surface area contributed by atoms with E-state index in [1.807, 2.05) is 0 Å². The van der Waals surface area contributed by atoms with Gasteiger partial charge in [-0.2, -0.15) is 4.31 Å². The SMILES string of the molecule is CC(C)N(C)S(=O)(=O)c1ccc(NC(=O)Cn2c(-c3ncccn3)noc2=O)cc1. The number of carbonyl (C=O) groups excluding carboxylic acids is 1. The van der Waals surface area contributed by atoms with E-state index in [4.69, 9.17) is 0 Å². The normalized spacial score (nSPS) is 11.8. The van der Waals surface area contributed by atoms with Crippen LogP contribution in [0.1, 0.15) is 13.8 Å². The Hall–Kier alpha value is -3.38. The van der Waals surface area contributed by atoms with Gasteiger partial charge < -0.3 is 5.32 Å². The lowest BCUT2D eigenvalue weighted by atomic mass is 10.3. The van der Waals surface area contributed by atoms with Gasteiger partial charge in [0.1, 0.15) is 6.54 Å². The van der Waals surface area contributed by atoms with Gasteiger partial charge in [0.25, 0.3) is 0 Å². The number of hydrogen-bond acceptors (Lipinski definition) is 8. The maximum absolute atomic E-state index is 12.5. The van der Waals surface area contributed by atoms with Gasteiger partial charge in [-0.1, -0.05) is 5.16 Å². The molecule has 0 fully saturated rings.